The molecule has 0 atom stereocenters. The van der Waals surface area contributed by atoms with E-state index in [-0.39, 0.29) is 23.8 Å². The molecule has 0 unspecified atom stereocenters. The number of para-hydroxylation sites is 1. The smallest absolute Gasteiger partial charge is 0.341 e. The predicted molar refractivity (Wildman–Crippen MR) is 162 cm³/mol. The second-order valence-corrected chi connectivity index (χ2v) is 10.5. The van der Waals surface area contributed by atoms with Crippen molar-refractivity contribution in [3.05, 3.63) is 64.0 Å². The summed E-state index contributed by atoms with van der Waals surface area (Å²) in [6.45, 7) is 4.13. The average molecular weight is 574 g/mol. The number of likely N-dealkylation sites (N-methyl/N-ethyl adjacent to an activating group) is 2. The van der Waals surface area contributed by atoms with E-state index in [1.54, 1.807) is 20.0 Å². The zero-order valence-corrected chi connectivity index (χ0v) is 24.5. The van der Waals surface area contributed by atoms with Crippen LogP contribution in [0.25, 0.3) is 22.2 Å². The maximum absolute atomic E-state index is 13.0. The number of rotatable bonds is 11. The Bertz CT molecular complexity index is 1650. The highest BCUT2D eigenvalue weighted by Gasteiger charge is 2.25. The van der Waals surface area contributed by atoms with Crippen LogP contribution in [0.1, 0.15) is 29.3 Å². The number of carbonyl (C=O) groups is 1. The highest BCUT2D eigenvalue weighted by atomic mass is 16.6. The minimum atomic E-state index is -0.524. The second-order valence-electron chi connectivity index (χ2n) is 10.5. The van der Waals surface area contributed by atoms with Crippen molar-refractivity contribution in [2.75, 3.05) is 58.2 Å². The fourth-order valence-electron chi connectivity index (χ4n) is 5.32. The molecule has 2 aromatic carbocycles. The number of aromatic nitrogens is 3. The molecule has 2 aromatic heterocycles. The van der Waals surface area contributed by atoms with Gasteiger partial charge in [-0.1, -0.05) is 18.2 Å². The topological polar surface area (TPSA) is 128 Å². The Morgan fingerprint density at radius 2 is 2.02 bits per heavy atom. The molecule has 0 radical (unpaired) electrons. The van der Waals surface area contributed by atoms with Crippen LogP contribution in [0.5, 0.6) is 5.75 Å². The Labute approximate surface area is 244 Å². The van der Waals surface area contributed by atoms with E-state index >= 15 is 0 Å². The van der Waals surface area contributed by atoms with E-state index < -0.39 is 10.9 Å². The number of nitro benzene ring substituents is 1. The van der Waals surface area contributed by atoms with Crippen LogP contribution in [-0.2, 0) is 17.7 Å². The van der Waals surface area contributed by atoms with E-state index in [1.165, 1.54) is 24.9 Å². The number of methoxy groups -OCH3 is 1. The fraction of sp³-hybridized carbons (Fsp3) is 0.367. The van der Waals surface area contributed by atoms with Crippen LogP contribution in [0.2, 0.25) is 0 Å². The Morgan fingerprint density at radius 1 is 1.21 bits per heavy atom. The quantitative estimate of drug-likeness (QED) is 0.151. The van der Waals surface area contributed by atoms with Crippen LogP contribution >= 0.6 is 0 Å². The number of ether oxygens (including phenoxy) is 2. The van der Waals surface area contributed by atoms with Crippen molar-refractivity contribution >= 4 is 39.9 Å². The lowest BCUT2D eigenvalue weighted by molar-refractivity contribution is -0.384. The molecule has 5 rings (SSSR count). The maximum atomic E-state index is 13.0. The van der Waals surface area contributed by atoms with E-state index in [0.717, 1.165) is 42.4 Å². The summed E-state index contributed by atoms with van der Waals surface area (Å²) in [4.78, 5) is 37.6. The molecular weight excluding hydrogens is 538 g/mol. The number of anilines is 3. The van der Waals surface area contributed by atoms with E-state index in [1.807, 2.05) is 42.2 Å². The Hall–Kier alpha value is -4.71. The molecule has 42 heavy (non-hydrogen) atoms. The number of aryl methyl sites for hydroxylation is 2. The normalized spacial score (nSPS) is 12.4. The van der Waals surface area contributed by atoms with Crippen molar-refractivity contribution in [3.63, 3.8) is 0 Å². The molecular formula is C30H35N7O5. The highest BCUT2D eigenvalue weighted by Crippen LogP contribution is 2.40. The van der Waals surface area contributed by atoms with Gasteiger partial charge < -0.3 is 29.2 Å². The van der Waals surface area contributed by atoms with Crippen LogP contribution in [0, 0.1) is 10.1 Å². The molecule has 1 N–H and O–H groups in total. The number of benzene rings is 2. The summed E-state index contributed by atoms with van der Waals surface area (Å²) >= 11 is 0. The lowest BCUT2D eigenvalue weighted by Crippen LogP contribution is -2.29. The van der Waals surface area contributed by atoms with Gasteiger partial charge in [-0.25, -0.2) is 14.8 Å². The van der Waals surface area contributed by atoms with Gasteiger partial charge in [0.25, 0.3) is 5.69 Å². The third-order valence-corrected chi connectivity index (χ3v) is 7.40. The van der Waals surface area contributed by atoms with Gasteiger partial charge in [0.15, 0.2) is 0 Å². The van der Waals surface area contributed by atoms with E-state index in [4.69, 9.17) is 14.5 Å². The molecule has 0 fully saturated rings. The number of hydrogen-bond acceptors (Lipinski definition) is 10. The number of nitro groups is 1. The van der Waals surface area contributed by atoms with Crippen LogP contribution in [-0.4, -0.2) is 78.3 Å². The minimum absolute atomic E-state index is 0.0862. The molecule has 0 aliphatic carbocycles. The average Bonchev–Trinajstić information content (AvgIpc) is 3.36. The fourth-order valence-corrected chi connectivity index (χ4v) is 5.32. The van der Waals surface area contributed by atoms with Crippen LogP contribution in [0.3, 0.4) is 0 Å². The summed E-state index contributed by atoms with van der Waals surface area (Å²) in [6.07, 6.45) is 5.47. The number of nitrogens with zero attached hydrogens (tertiary/aromatic N) is 6. The van der Waals surface area contributed by atoms with Crippen molar-refractivity contribution in [2.24, 2.45) is 0 Å². The van der Waals surface area contributed by atoms with Crippen LogP contribution < -0.4 is 15.0 Å². The summed E-state index contributed by atoms with van der Waals surface area (Å²) in [5.41, 5.74) is 4.50. The van der Waals surface area contributed by atoms with Gasteiger partial charge >= 0.3 is 5.97 Å². The van der Waals surface area contributed by atoms with Gasteiger partial charge in [-0.3, -0.25) is 10.1 Å². The Kier molecular flexibility index (Phi) is 8.25. The van der Waals surface area contributed by atoms with Gasteiger partial charge in [0.05, 0.1) is 35.5 Å². The number of hydrogen-bond donors (Lipinski definition) is 1. The van der Waals surface area contributed by atoms with Crippen molar-refractivity contribution in [1.29, 1.82) is 0 Å². The molecule has 1 aliphatic rings. The van der Waals surface area contributed by atoms with E-state index in [0.29, 0.717) is 29.4 Å². The number of carbonyl (C=O) groups excluding carboxylic acids is 1. The zero-order valence-electron chi connectivity index (χ0n) is 24.5. The zero-order chi connectivity index (χ0) is 30.0. The van der Waals surface area contributed by atoms with Gasteiger partial charge in [0.1, 0.15) is 17.0 Å². The summed E-state index contributed by atoms with van der Waals surface area (Å²) in [6, 6.07) is 9.22. The monoisotopic (exact) mass is 573 g/mol. The molecule has 0 bridgehead atoms. The molecule has 220 valence electrons. The SMILES string of the molecule is CCOC(=O)c1cnc(Nc2cc([N+](=O)[O-])c(N(C)CCN(C)C)cc2OC)nc1-c1cn2c3c(cccc13)CCC2. The standard InChI is InChI=1S/C30H35N7O5/c1-6-42-29(38)21-17-31-30(33-27(21)22-18-36-12-8-10-19-9-7-11-20(22)28(19)36)32-23-15-25(37(39)40)24(16-26(23)41-5)35(4)14-13-34(2)3/h7,9,11,15-18H,6,8,10,12-14H2,1-5H3,(H,31,32,33). The molecule has 3 heterocycles. The van der Waals surface area contributed by atoms with Gasteiger partial charge in [-0.05, 0) is 39.4 Å². The minimum Gasteiger partial charge on any atom is -0.494 e. The van der Waals surface area contributed by atoms with E-state index in [2.05, 4.69) is 20.9 Å². The molecule has 12 nitrogen and oxygen atoms in total. The number of nitrogens with one attached hydrogen (secondary N) is 1. The molecule has 0 saturated heterocycles. The number of esters is 1. The first-order chi connectivity index (χ1) is 20.2. The summed E-state index contributed by atoms with van der Waals surface area (Å²) in [5, 5.41) is 16.2. The van der Waals surface area contributed by atoms with Crippen molar-refractivity contribution in [1.82, 2.24) is 19.4 Å². The molecule has 4 aromatic rings. The van der Waals surface area contributed by atoms with Gasteiger partial charge in [-0.2, -0.15) is 0 Å². The molecule has 12 heteroatoms. The maximum Gasteiger partial charge on any atom is 0.341 e. The third-order valence-electron chi connectivity index (χ3n) is 7.40. The second kappa shape index (κ2) is 12.0. The van der Waals surface area contributed by atoms with Crippen molar-refractivity contribution < 1.29 is 19.2 Å². The molecule has 1 aliphatic heterocycles. The summed E-state index contributed by atoms with van der Waals surface area (Å²) in [7, 11) is 7.20. The summed E-state index contributed by atoms with van der Waals surface area (Å²) < 4.78 is 13.1. The molecule has 0 saturated carbocycles. The lowest BCUT2D eigenvalue weighted by atomic mass is 10.0. The Balaban J connectivity index is 1.59. The predicted octanol–water partition coefficient (Wildman–Crippen LogP) is 4.88. The molecule has 0 amide bonds. The largest absolute Gasteiger partial charge is 0.494 e. The van der Waals surface area contributed by atoms with Gasteiger partial charge in [0.2, 0.25) is 5.95 Å². The van der Waals surface area contributed by atoms with Crippen LogP contribution in [0.4, 0.5) is 23.0 Å². The van der Waals surface area contributed by atoms with Crippen molar-refractivity contribution in [3.8, 4) is 17.0 Å². The first-order valence-electron chi connectivity index (χ1n) is 13.9. The van der Waals surface area contributed by atoms with E-state index in [9.17, 15) is 14.9 Å². The first-order valence-corrected chi connectivity index (χ1v) is 13.9. The van der Waals surface area contributed by atoms with Gasteiger partial charge in [-0.15, -0.1) is 0 Å². The third kappa shape index (κ3) is 5.57. The Morgan fingerprint density at radius 3 is 2.74 bits per heavy atom. The van der Waals surface area contributed by atoms with Crippen LogP contribution in [0.15, 0.2) is 42.7 Å². The van der Waals surface area contributed by atoms with Crippen molar-refractivity contribution in [2.45, 2.75) is 26.3 Å². The lowest BCUT2D eigenvalue weighted by Gasteiger charge is -2.22. The van der Waals surface area contributed by atoms with Gasteiger partial charge in [0, 0.05) is 62.2 Å². The first kappa shape index (κ1) is 28.8. The summed E-state index contributed by atoms with van der Waals surface area (Å²) in [5.74, 6) is 0.0228. The highest BCUT2D eigenvalue weighted by molar-refractivity contribution is 6.03. The molecule has 0 spiro atoms.